The Morgan fingerprint density at radius 1 is 1.36 bits per heavy atom. The number of anilines is 1. The number of aromatic nitrogens is 2. The highest BCUT2D eigenvalue weighted by Gasteiger charge is 2.23. The van der Waals surface area contributed by atoms with Crippen molar-refractivity contribution < 1.29 is 13.2 Å². The Labute approximate surface area is 140 Å². The van der Waals surface area contributed by atoms with Gasteiger partial charge in [0.15, 0.2) is 5.82 Å². The summed E-state index contributed by atoms with van der Waals surface area (Å²) < 4.78 is 36.3. The van der Waals surface area contributed by atoms with Crippen LogP contribution in [0.1, 0.15) is 0 Å². The largest absolute Gasteiger partial charge is 0.485 e. The first-order chi connectivity index (χ1) is 10.4. The molecule has 22 heavy (non-hydrogen) atoms. The quantitative estimate of drug-likeness (QED) is 0.724. The van der Waals surface area contributed by atoms with E-state index in [-0.39, 0.29) is 15.7 Å². The molecule has 0 radical (unpaired) electrons. The zero-order valence-electron chi connectivity index (χ0n) is 11.1. The van der Waals surface area contributed by atoms with Gasteiger partial charge in [0.2, 0.25) is 5.06 Å². The fourth-order valence-electron chi connectivity index (χ4n) is 1.93. The summed E-state index contributed by atoms with van der Waals surface area (Å²) in [5.41, 5.74) is 0.620. The van der Waals surface area contributed by atoms with Crippen LogP contribution >= 0.6 is 34.7 Å². The van der Waals surface area contributed by atoms with Crippen molar-refractivity contribution in [3.05, 3.63) is 34.4 Å². The maximum Gasteiger partial charge on any atom is 0.265 e. The molecular formula is C12H9Cl2N3O3S2. The number of nitrogens with zero attached hydrogens (tertiary/aromatic N) is 1. The van der Waals surface area contributed by atoms with Crippen LogP contribution < -0.4 is 9.46 Å². The second-order valence-corrected chi connectivity index (χ2v) is 7.49. The molecule has 0 bridgehead atoms. The van der Waals surface area contributed by atoms with Crippen LogP contribution in [0.3, 0.4) is 0 Å². The number of benzene rings is 1. The zero-order chi connectivity index (χ0) is 15.9. The number of nitrogens with one attached hydrogen (secondary N) is 2. The Morgan fingerprint density at radius 2 is 2.14 bits per heavy atom. The number of H-pyrrole nitrogens is 1. The number of aromatic amines is 1. The van der Waals surface area contributed by atoms with Crippen molar-refractivity contribution in [3.8, 4) is 5.06 Å². The smallest absolute Gasteiger partial charge is 0.265 e. The third kappa shape index (κ3) is 2.63. The van der Waals surface area contributed by atoms with Gasteiger partial charge in [0, 0.05) is 33.7 Å². The van der Waals surface area contributed by atoms with E-state index in [0.29, 0.717) is 21.0 Å². The van der Waals surface area contributed by atoms with Gasteiger partial charge in [-0.25, -0.2) is 8.42 Å². The molecular weight excluding hydrogens is 369 g/mol. The molecule has 3 aromatic rings. The fraction of sp³-hybridized carbons (Fsp3) is 0.0833. The molecule has 0 saturated carbocycles. The fourth-order valence-corrected chi connectivity index (χ4v) is 4.29. The molecule has 3 rings (SSSR count). The standard InChI is InChI=1S/C12H9Cl2N3O3S2/c1-20-12-10(14)11(16-21-12)17-22(18,19)9-5-15-8-4-6(13)2-3-7(8)9/h2-5,15H,1H3,(H,16,17). The van der Waals surface area contributed by atoms with Gasteiger partial charge in [-0.3, -0.25) is 4.72 Å². The van der Waals surface area contributed by atoms with Crippen molar-refractivity contribution in [3.63, 3.8) is 0 Å². The maximum atomic E-state index is 12.5. The van der Waals surface area contributed by atoms with E-state index in [9.17, 15) is 8.42 Å². The first-order valence-corrected chi connectivity index (χ1v) is 8.92. The van der Waals surface area contributed by atoms with E-state index in [2.05, 4.69) is 14.1 Å². The van der Waals surface area contributed by atoms with Crippen LogP contribution in [0, 0.1) is 0 Å². The Kier molecular flexibility index (Phi) is 3.94. The lowest BCUT2D eigenvalue weighted by Crippen LogP contribution is -2.13. The van der Waals surface area contributed by atoms with Gasteiger partial charge >= 0.3 is 0 Å². The summed E-state index contributed by atoms with van der Waals surface area (Å²) in [5, 5.41) is 1.50. The van der Waals surface area contributed by atoms with E-state index in [1.807, 2.05) is 0 Å². The van der Waals surface area contributed by atoms with Crippen molar-refractivity contribution in [2.75, 3.05) is 11.8 Å². The Hall–Kier alpha value is -1.48. The van der Waals surface area contributed by atoms with E-state index in [1.54, 1.807) is 18.2 Å². The normalized spacial score (nSPS) is 11.8. The lowest BCUT2D eigenvalue weighted by atomic mass is 10.2. The molecule has 0 saturated heterocycles. The summed E-state index contributed by atoms with van der Waals surface area (Å²) >= 11 is 12.9. The molecule has 0 aliphatic carbocycles. The van der Waals surface area contributed by atoms with E-state index in [0.717, 1.165) is 11.5 Å². The highest BCUT2D eigenvalue weighted by Crippen LogP contribution is 2.37. The third-order valence-corrected chi connectivity index (χ3v) is 5.81. The summed E-state index contributed by atoms with van der Waals surface area (Å²) in [5.74, 6) is 0.0341. The number of methoxy groups -OCH3 is 1. The molecule has 1 aromatic carbocycles. The average molecular weight is 378 g/mol. The van der Waals surface area contributed by atoms with E-state index in [4.69, 9.17) is 27.9 Å². The molecule has 2 N–H and O–H groups in total. The number of hydrogen-bond donors (Lipinski definition) is 2. The van der Waals surface area contributed by atoms with Crippen LogP contribution in [0.5, 0.6) is 5.06 Å². The molecule has 0 fully saturated rings. The second kappa shape index (κ2) is 5.62. The summed E-state index contributed by atoms with van der Waals surface area (Å²) in [6.45, 7) is 0. The first-order valence-electron chi connectivity index (χ1n) is 5.91. The summed E-state index contributed by atoms with van der Waals surface area (Å²) in [6, 6.07) is 4.90. The van der Waals surface area contributed by atoms with Gasteiger partial charge in [0.25, 0.3) is 10.0 Å². The van der Waals surface area contributed by atoms with Crippen molar-refractivity contribution in [1.82, 2.24) is 9.36 Å². The zero-order valence-corrected chi connectivity index (χ0v) is 14.2. The highest BCUT2D eigenvalue weighted by molar-refractivity contribution is 7.93. The summed E-state index contributed by atoms with van der Waals surface area (Å²) in [7, 11) is -2.42. The van der Waals surface area contributed by atoms with Gasteiger partial charge < -0.3 is 9.72 Å². The number of sulfonamides is 1. The van der Waals surface area contributed by atoms with Gasteiger partial charge in [0.05, 0.1) is 7.11 Å². The minimum Gasteiger partial charge on any atom is -0.485 e. The topological polar surface area (TPSA) is 84.1 Å². The minimum atomic E-state index is -3.85. The Bertz CT molecular complexity index is 950. The number of halogens is 2. The molecule has 10 heteroatoms. The maximum absolute atomic E-state index is 12.5. The molecule has 116 valence electrons. The van der Waals surface area contributed by atoms with Gasteiger partial charge in [-0.05, 0) is 18.2 Å². The van der Waals surface area contributed by atoms with Crippen LogP contribution in [0.2, 0.25) is 10.0 Å². The molecule has 0 amide bonds. The summed E-state index contributed by atoms with van der Waals surface area (Å²) in [6.07, 6.45) is 1.39. The summed E-state index contributed by atoms with van der Waals surface area (Å²) in [4.78, 5) is 2.96. The number of rotatable bonds is 4. The molecule has 0 aliphatic heterocycles. The van der Waals surface area contributed by atoms with Crippen LogP contribution in [-0.4, -0.2) is 24.9 Å². The highest BCUT2D eigenvalue weighted by atomic mass is 35.5. The Morgan fingerprint density at radius 3 is 2.82 bits per heavy atom. The van der Waals surface area contributed by atoms with Crippen LogP contribution in [0.25, 0.3) is 10.9 Å². The van der Waals surface area contributed by atoms with Gasteiger partial charge in [-0.1, -0.05) is 23.2 Å². The van der Waals surface area contributed by atoms with Crippen molar-refractivity contribution in [2.45, 2.75) is 4.90 Å². The second-order valence-electron chi connectivity index (χ2n) is 4.29. The lowest BCUT2D eigenvalue weighted by Gasteiger charge is -2.05. The predicted molar refractivity (Wildman–Crippen MR) is 87.8 cm³/mol. The molecule has 0 atom stereocenters. The molecule has 0 aliphatic rings. The molecule has 0 unspecified atom stereocenters. The SMILES string of the molecule is COc1snc(NS(=O)(=O)c2c[nH]c3cc(Cl)ccc23)c1Cl. The first kappa shape index (κ1) is 15.4. The number of hydrogen-bond acceptors (Lipinski definition) is 5. The van der Waals surface area contributed by atoms with Gasteiger partial charge in [-0.2, -0.15) is 4.37 Å². The number of ether oxygens (including phenoxy) is 1. The van der Waals surface area contributed by atoms with E-state index in [1.165, 1.54) is 13.3 Å². The predicted octanol–water partition coefficient (Wildman–Crippen LogP) is 3.74. The molecule has 6 nitrogen and oxygen atoms in total. The Balaban J connectivity index is 2.03. The molecule has 0 spiro atoms. The van der Waals surface area contributed by atoms with Crippen molar-refractivity contribution in [2.24, 2.45) is 0 Å². The molecule has 2 aromatic heterocycles. The van der Waals surface area contributed by atoms with E-state index >= 15 is 0 Å². The third-order valence-electron chi connectivity index (χ3n) is 2.92. The van der Waals surface area contributed by atoms with Crippen molar-refractivity contribution in [1.29, 1.82) is 0 Å². The van der Waals surface area contributed by atoms with Gasteiger partial charge in [0.1, 0.15) is 9.92 Å². The average Bonchev–Trinajstić information content (AvgIpc) is 3.03. The van der Waals surface area contributed by atoms with Crippen LogP contribution in [0.15, 0.2) is 29.3 Å². The monoisotopic (exact) mass is 377 g/mol. The van der Waals surface area contributed by atoms with Gasteiger partial charge in [-0.15, -0.1) is 0 Å². The minimum absolute atomic E-state index is 0.0341. The van der Waals surface area contributed by atoms with Crippen molar-refractivity contribution >= 4 is 61.5 Å². The number of fused-ring (bicyclic) bond motifs is 1. The lowest BCUT2D eigenvalue weighted by molar-refractivity contribution is 0.427. The molecule has 2 heterocycles. The van der Waals surface area contributed by atoms with Crippen LogP contribution in [0.4, 0.5) is 5.82 Å². The van der Waals surface area contributed by atoms with Crippen LogP contribution in [-0.2, 0) is 10.0 Å². The van der Waals surface area contributed by atoms with E-state index < -0.39 is 10.0 Å².